The normalized spacial score (nSPS) is 10.2. The van der Waals surface area contributed by atoms with E-state index in [2.05, 4.69) is 38.1 Å². The van der Waals surface area contributed by atoms with Crippen LogP contribution >= 0.6 is 0 Å². The molecule has 3 aromatic carbocycles. The van der Waals surface area contributed by atoms with Gasteiger partial charge in [0.1, 0.15) is 13.2 Å². The Morgan fingerprint density at radius 2 is 0.800 bits per heavy atom. The van der Waals surface area contributed by atoms with Gasteiger partial charge in [-0.15, -0.1) is 0 Å². The molecule has 0 atom stereocenters. The van der Waals surface area contributed by atoms with Gasteiger partial charge in [0.05, 0.1) is 11.1 Å². The quantitative estimate of drug-likeness (QED) is 0.141. The predicted octanol–water partition coefficient (Wildman–Crippen LogP) is 7.00. The van der Waals surface area contributed by atoms with Crippen LogP contribution in [-0.2, 0) is 35.5 Å². The first kappa shape index (κ1) is 34.5. The molecule has 0 saturated carbocycles. The molecule has 0 heterocycles. The van der Waals surface area contributed by atoms with Crippen LogP contribution in [0.15, 0.2) is 72.8 Å². The zero-order valence-electron chi connectivity index (χ0n) is 24.0. The van der Waals surface area contributed by atoms with Crippen LogP contribution in [0.25, 0.3) is 0 Å². The maximum absolute atomic E-state index is 12.5. The molecule has 0 aromatic heterocycles. The van der Waals surface area contributed by atoms with E-state index in [0.717, 1.165) is 24.0 Å². The van der Waals surface area contributed by atoms with Gasteiger partial charge >= 0.3 is 11.9 Å². The molecule has 40 heavy (non-hydrogen) atoms. The smallest absolute Gasteiger partial charge is 0.338 e. The van der Waals surface area contributed by atoms with E-state index in [-0.39, 0.29) is 24.2 Å². The highest BCUT2D eigenvalue weighted by Gasteiger charge is 2.12. The van der Waals surface area contributed by atoms with Crippen molar-refractivity contribution in [2.24, 2.45) is 0 Å². The van der Waals surface area contributed by atoms with Crippen LogP contribution in [0.2, 0.25) is 0 Å². The van der Waals surface area contributed by atoms with Gasteiger partial charge in [0, 0.05) is 0 Å². The summed E-state index contributed by atoms with van der Waals surface area (Å²) < 4.78 is 10.9. The van der Waals surface area contributed by atoms with Crippen molar-refractivity contribution in [1.82, 2.24) is 0 Å². The first-order chi connectivity index (χ1) is 18.6. The van der Waals surface area contributed by atoms with Gasteiger partial charge < -0.3 is 20.4 Å². The molecule has 0 amide bonds. The van der Waals surface area contributed by atoms with Gasteiger partial charge in [-0.3, -0.25) is 0 Å². The molecule has 0 spiro atoms. The molecule has 4 N–H and O–H groups in total. The van der Waals surface area contributed by atoms with E-state index in [1.807, 2.05) is 24.3 Å². The SMILES string of the molecule is CCCCCCc1ccc(COC(=O)c2ccc(C(=O)OCc3ccc(CCCCCC)cc3)cc2)cc1.O.O. The van der Waals surface area contributed by atoms with Crippen LogP contribution in [0.1, 0.15) is 108 Å². The van der Waals surface area contributed by atoms with Gasteiger partial charge in [0.2, 0.25) is 0 Å². The molecule has 0 saturated heterocycles. The Balaban J connectivity index is 0.00000400. The second-order valence-corrected chi connectivity index (χ2v) is 9.98. The Labute approximate surface area is 239 Å². The average Bonchev–Trinajstić information content (AvgIpc) is 2.96. The Kier molecular flexibility index (Phi) is 16.9. The number of carbonyl (C=O) groups is 2. The van der Waals surface area contributed by atoms with Crippen molar-refractivity contribution in [3.8, 4) is 0 Å². The molecular weight excluding hydrogens is 504 g/mol. The van der Waals surface area contributed by atoms with E-state index >= 15 is 0 Å². The summed E-state index contributed by atoms with van der Waals surface area (Å²) in [6.45, 7) is 4.87. The highest BCUT2D eigenvalue weighted by Crippen LogP contribution is 2.14. The molecule has 0 radical (unpaired) electrons. The fraction of sp³-hybridized carbons (Fsp3) is 0.412. The topological polar surface area (TPSA) is 116 Å². The minimum Gasteiger partial charge on any atom is -0.457 e. The van der Waals surface area contributed by atoms with Crippen molar-refractivity contribution in [3.63, 3.8) is 0 Å². The summed E-state index contributed by atoms with van der Waals surface area (Å²) in [5.41, 5.74) is 5.36. The summed E-state index contributed by atoms with van der Waals surface area (Å²) >= 11 is 0. The van der Waals surface area contributed by atoms with Gasteiger partial charge in [-0.25, -0.2) is 9.59 Å². The van der Waals surface area contributed by atoms with Gasteiger partial charge in [0.15, 0.2) is 0 Å². The first-order valence-corrected chi connectivity index (χ1v) is 14.2. The highest BCUT2D eigenvalue weighted by molar-refractivity contribution is 5.93. The second kappa shape index (κ2) is 19.6. The van der Waals surface area contributed by atoms with Crippen LogP contribution < -0.4 is 0 Å². The van der Waals surface area contributed by atoms with Crippen LogP contribution in [0.3, 0.4) is 0 Å². The van der Waals surface area contributed by atoms with E-state index in [0.29, 0.717) is 11.1 Å². The molecule has 6 nitrogen and oxygen atoms in total. The van der Waals surface area contributed by atoms with Gasteiger partial charge in [-0.2, -0.15) is 0 Å². The molecule has 0 bridgehead atoms. The number of rotatable bonds is 16. The zero-order chi connectivity index (χ0) is 27.0. The molecular formula is C34H46O6. The third-order valence-corrected chi connectivity index (χ3v) is 6.78. The molecule has 3 aromatic rings. The monoisotopic (exact) mass is 550 g/mol. The largest absolute Gasteiger partial charge is 0.457 e. The van der Waals surface area contributed by atoms with Crippen molar-refractivity contribution in [3.05, 3.63) is 106 Å². The van der Waals surface area contributed by atoms with Crippen molar-refractivity contribution < 1.29 is 30.0 Å². The Morgan fingerprint density at radius 1 is 0.475 bits per heavy atom. The number of aryl methyl sites for hydroxylation is 2. The summed E-state index contributed by atoms with van der Waals surface area (Å²) in [7, 11) is 0. The van der Waals surface area contributed by atoms with Gasteiger partial charge in [0.25, 0.3) is 0 Å². The molecule has 6 heteroatoms. The van der Waals surface area contributed by atoms with Crippen molar-refractivity contribution >= 4 is 11.9 Å². The molecule has 0 aliphatic carbocycles. The van der Waals surface area contributed by atoms with Crippen molar-refractivity contribution in [1.29, 1.82) is 0 Å². The Bertz CT molecular complexity index is 1010. The number of esters is 2. The maximum atomic E-state index is 12.5. The zero-order valence-corrected chi connectivity index (χ0v) is 24.0. The fourth-order valence-corrected chi connectivity index (χ4v) is 4.32. The average molecular weight is 551 g/mol. The third-order valence-electron chi connectivity index (χ3n) is 6.78. The number of ether oxygens (including phenoxy) is 2. The van der Waals surface area contributed by atoms with Crippen molar-refractivity contribution in [2.45, 2.75) is 91.3 Å². The highest BCUT2D eigenvalue weighted by atomic mass is 16.5. The lowest BCUT2D eigenvalue weighted by molar-refractivity contribution is 0.0458. The van der Waals surface area contributed by atoms with E-state index in [9.17, 15) is 9.59 Å². The first-order valence-electron chi connectivity index (χ1n) is 14.2. The molecule has 3 rings (SSSR count). The van der Waals surface area contributed by atoms with Crippen LogP contribution in [0, 0.1) is 0 Å². The van der Waals surface area contributed by atoms with E-state index in [1.54, 1.807) is 24.3 Å². The summed E-state index contributed by atoms with van der Waals surface area (Å²) in [4.78, 5) is 24.9. The van der Waals surface area contributed by atoms with Crippen LogP contribution in [-0.4, -0.2) is 22.9 Å². The number of benzene rings is 3. The van der Waals surface area contributed by atoms with Crippen molar-refractivity contribution in [2.75, 3.05) is 0 Å². The van der Waals surface area contributed by atoms with Gasteiger partial charge in [-0.1, -0.05) is 101 Å². The summed E-state index contributed by atoms with van der Waals surface area (Å²) in [6.07, 6.45) is 12.2. The summed E-state index contributed by atoms with van der Waals surface area (Å²) in [5, 5.41) is 0. The fourth-order valence-electron chi connectivity index (χ4n) is 4.32. The minimum absolute atomic E-state index is 0. The molecule has 0 aliphatic rings. The maximum Gasteiger partial charge on any atom is 0.338 e. The Morgan fingerprint density at radius 3 is 1.12 bits per heavy atom. The minimum atomic E-state index is -0.414. The second-order valence-electron chi connectivity index (χ2n) is 9.98. The number of carbonyl (C=O) groups excluding carboxylic acids is 2. The van der Waals surface area contributed by atoms with Crippen LogP contribution in [0.5, 0.6) is 0 Å². The number of unbranched alkanes of at least 4 members (excludes halogenated alkanes) is 6. The van der Waals surface area contributed by atoms with Gasteiger partial charge in [-0.05, 0) is 72.2 Å². The van der Waals surface area contributed by atoms with E-state index in [1.165, 1.54) is 62.5 Å². The molecule has 218 valence electrons. The third kappa shape index (κ3) is 12.1. The summed E-state index contributed by atoms with van der Waals surface area (Å²) in [6, 6.07) is 22.9. The predicted molar refractivity (Wildman–Crippen MR) is 160 cm³/mol. The van der Waals surface area contributed by atoms with E-state index < -0.39 is 11.9 Å². The standard InChI is InChI=1S/C34H42O4.2H2O/c1-3-5-7-9-11-27-13-17-29(18-14-27)25-37-33(35)31-21-23-32(24-22-31)34(36)38-26-30-19-15-28(16-20-30)12-10-8-6-4-2;;/h13-24H,3-12,25-26H2,1-2H3;2*1H2. The van der Waals surface area contributed by atoms with E-state index in [4.69, 9.17) is 9.47 Å². The van der Waals surface area contributed by atoms with Crippen LogP contribution in [0.4, 0.5) is 0 Å². The lowest BCUT2D eigenvalue weighted by Crippen LogP contribution is -2.08. The number of hydrogen-bond donors (Lipinski definition) is 0. The lowest BCUT2D eigenvalue weighted by atomic mass is 10.0. The summed E-state index contributed by atoms with van der Waals surface area (Å²) in [5.74, 6) is -0.827. The Hall–Kier alpha value is -3.48. The molecule has 0 fully saturated rings. The lowest BCUT2D eigenvalue weighted by Gasteiger charge is -2.08. The number of hydrogen-bond acceptors (Lipinski definition) is 4. The molecule has 0 unspecified atom stereocenters. The molecule has 0 aliphatic heterocycles.